The molecule has 0 saturated heterocycles. The van der Waals surface area contributed by atoms with E-state index in [2.05, 4.69) is 20.6 Å². The van der Waals surface area contributed by atoms with Gasteiger partial charge in [-0.2, -0.15) is 5.10 Å². The van der Waals surface area contributed by atoms with Gasteiger partial charge in [0, 0.05) is 62.3 Å². The third-order valence-corrected chi connectivity index (χ3v) is 8.69. The number of hydrogen-bond acceptors (Lipinski definition) is 7. The number of nitrogens with one attached hydrogen (secondary N) is 2. The predicted molar refractivity (Wildman–Crippen MR) is 189 cm³/mol. The van der Waals surface area contributed by atoms with Gasteiger partial charge in [-0.1, -0.05) is 43.2 Å². The van der Waals surface area contributed by atoms with Gasteiger partial charge in [-0.25, -0.2) is 14.6 Å². The van der Waals surface area contributed by atoms with Crippen LogP contribution in [0.5, 0.6) is 0 Å². The smallest absolute Gasteiger partial charge is 0.407 e. The molecule has 0 spiro atoms. The molecule has 4 aromatic rings. The first kappa shape index (κ1) is 33.6. The normalized spacial score (nSPS) is 15.9. The molecule has 2 N–H and O–H groups in total. The van der Waals surface area contributed by atoms with Crippen molar-refractivity contribution in [3.05, 3.63) is 102 Å². The number of benzene rings is 2. The van der Waals surface area contributed by atoms with Gasteiger partial charge in [0.2, 0.25) is 0 Å². The van der Waals surface area contributed by atoms with Gasteiger partial charge in [-0.3, -0.25) is 14.8 Å². The molecule has 0 bridgehead atoms. The van der Waals surface area contributed by atoms with E-state index in [0.717, 1.165) is 64.6 Å². The van der Waals surface area contributed by atoms with Crippen LogP contribution in [0.3, 0.4) is 0 Å². The van der Waals surface area contributed by atoms with E-state index in [4.69, 9.17) is 9.84 Å². The van der Waals surface area contributed by atoms with Crippen LogP contribution in [0.25, 0.3) is 10.9 Å². The van der Waals surface area contributed by atoms with Gasteiger partial charge >= 0.3 is 12.1 Å². The van der Waals surface area contributed by atoms with E-state index in [1.165, 1.54) is 0 Å². The number of unbranched alkanes of at least 4 members (excludes halogenated alkanes) is 3. The quantitative estimate of drug-likeness (QED) is 0.177. The fourth-order valence-corrected chi connectivity index (χ4v) is 6.26. The molecule has 2 aliphatic heterocycles. The molecule has 2 aromatic heterocycles. The Morgan fingerprint density at radius 3 is 2.51 bits per heavy atom. The van der Waals surface area contributed by atoms with Crippen molar-refractivity contribution in [1.82, 2.24) is 25.2 Å². The Balaban J connectivity index is 1.12. The van der Waals surface area contributed by atoms with Crippen LogP contribution in [0, 0.1) is 0 Å². The molecule has 0 fully saturated rings. The average molecular weight is 662 g/mol. The summed E-state index contributed by atoms with van der Waals surface area (Å²) in [5.74, 6) is -0.443. The summed E-state index contributed by atoms with van der Waals surface area (Å²) in [6.45, 7) is 7.63. The topological polar surface area (TPSA) is 129 Å². The van der Waals surface area contributed by atoms with Crippen LogP contribution >= 0.6 is 0 Å². The van der Waals surface area contributed by atoms with Crippen molar-refractivity contribution in [3.63, 3.8) is 0 Å². The van der Waals surface area contributed by atoms with E-state index in [-0.39, 0.29) is 11.9 Å². The Morgan fingerprint density at radius 2 is 1.71 bits per heavy atom. The third kappa shape index (κ3) is 8.40. The monoisotopic (exact) mass is 661 g/mol. The summed E-state index contributed by atoms with van der Waals surface area (Å²) >= 11 is 0. The van der Waals surface area contributed by atoms with Gasteiger partial charge in [0.05, 0.1) is 17.1 Å². The van der Waals surface area contributed by atoms with Crippen LogP contribution in [0.15, 0.2) is 84.4 Å². The highest BCUT2D eigenvalue weighted by atomic mass is 16.6. The van der Waals surface area contributed by atoms with Crippen molar-refractivity contribution in [2.45, 2.75) is 77.5 Å². The minimum absolute atomic E-state index is 0.0302. The first-order chi connectivity index (χ1) is 23.6. The predicted octanol–water partition coefficient (Wildman–Crippen LogP) is 6.98. The zero-order valence-corrected chi connectivity index (χ0v) is 28.3. The third-order valence-electron chi connectivity index (χ3n) is 8.69. The van der Waals surface area contributed by atoms with Gasteiger partial charge in [0.15, 0.2) is 0 Å². The lowest BCUT2D eigenvalue weighted by Crippen LogP contribution is -2.38. The highest BCUT2D eigenvalue weighted by molar-refractivity contribution is 6.07. The molecule has 11 nitrogen and oxygen atoms in total. The fraction of sp³-hybridized carbons (Fsp3) is 0.368. The number of hydrogen-bond donors (Lipinski definition) is 2. The maximum Gasteiger partial charge on any atom is 0.407 e. The highest BCUT2D eigenvalue weighted by Crippen LogP contribution is 2.34. The number of carbonyl (C=O) groups is 3. The molecule has 0 aliphatic carbocycles. The number of ether oxygens (including phenoxy) is 1. The number of hydrazone groups is 1. The van der Waals surface area contributed by atoms with E-state index in [1.54, 1.807) is 22.3 Å². The number of fused-ring (bicyclic) bond motifs is 2. The first-order valence-electron chi connectivity index (χ1n) is 16.9. The number of aromatic nitrogens is 2. The Kier molecular flexibility index (Phi) is 10.2. The van der Waals surface area contributed by atoms with Crippen LogP contribution in [0.1, 0.15) is 81.0 Å². The zero-order chi connectivity index (χ0) is 34.4. The molecular formula is C38H43N7O4. The summed E-state index contributed by atoms with van der Waals surface area (Å²) in [5, 5.41) is 13.3. The van der Waals surface area contributed by atoms with Crippen molar-refractivity contribution in [2.24, 2.45) is 5.10 Å². The Labute approximate surface area is 286 Å². The van der Waals surface area contributed by atoms with Crippen LogP contribution in [-0.4, -0.2) is 62.3 Å². The number of pyridine rings is 2. The Morgan fingerprint density at radius 1 is 0.918 bits per heavy atom. The second-order valence-electron chi connectivity index (χ2n) is 13.5. The van der Waals surface area contributed by atoms with Crippen LogP contribution < -0.4 is 10.6 Å². The molecule has 0 saturated carbocycles. The maximum absolute atomic E-state index is 14.0. The molecule has 2 aliphatic rings. The standard InChI is InChI=1S/C38H43N7O4/c1-38(2,3)49-37(48)41-18-6-4-5-7-21-45-35(46)32(30-10-8-12-33-31(30)11-9-19-40-33)22-34(43-45)26-13-15-29(16-14-26)42-36(47)44-24-27-17-20-39-23-28(27)25-44/h8-17,19-20,23,32H,4-7,18,21-22,24-25H2,1-3H3,(H,41,48)(H,42,47). The number of urea groups is 1. The summed E-state index contributed by atoms with van der Waals surface area (Å²) in [6.07, 6.45) is 8.75. The molecule has 1 atom stereocenters. The summed E-state index contributed by atoms with van der Waals surface area (Å²) < 4.78 is 5.30. The molecule has 4 amide bonds. The lowest BCUT2D eigenvalue weighted by atomic mass is 9.86. The number of carbonyl (C=O) groups excluding carboxylic acids is 3. The van der Waals surface area contributed by atoms with Crippen molar-refractivity contribution >= 4 is 40.3 Å². The summed E-state index contributed by atoms with van der Waals surface area (Å²) in [6, 6.07) is 19.3. The fourth-order valence-electron chi connectivity index (χ4n) is 6.26. The average Bonchev–Trinajstić information content (AvgIpc) is 3.53. The molecule has 6 rings (SSSR count). The molecule has 4 heterocycles. The van der Waals surface area contributed by atoms with E-state index in [0.29, 0.717) is 38.3 Å². The number of rotatable bonds is 10. The number of alkyl carbamates (subject to hydrolysis) is 1. The van der Waals surface area contributed by atoms with E-state index in [1.807, 2.05) is 87.6 Å². The first-order valence-corrected chi connectivity index (χ1v) is 16.9. The summed E-state index contributed by atoms with van der Waals surface area (Å²) in [5.41, 5.74) is 5.83. The summed E-state index contributed by atoms with van der Waals surface area (Å²) in [7, 11) is 0. The molecule has 254 valence electrons. The number of amides is 4. The van der Waals surface area contributed by atoms with Crippen molar-refractivity contribution < 1.29 is 19.1 Å². The Bertz CT molecular complexity index is 1820. The van der Waals surface area contributed by atoms with Gasteiger partial charge in [-0.05, 0) is 86.2 Å². The van der Waals surface area contributed by atoms with Gasteiger partial charge in [-0.15, -0.1) is 0 Å². The SMILES string of the molecule is CC(C)(C)OC(=O)NCCCCCCN1N=C(c2ccc(NC(=O)N3Cc4ccncc4C3)cc2)CC(c2cccc3ncccc23)C1=O. The number of nitrogens with zero attached hydrogens (tertiary/aromatic N) is 5. The molecule has 49 heavy (non-hydrogen) atoms. The largest absolute Gasteiger partial charge is 0.444 e. The van der Waals surface area contributed by atoms with E-state index in [9.17, 15) is 14.4 Å². The van der Waals surface area contributed by atoms with Gasteiger partial charge < -0.3 is 20.3 Å². The number of anilines is 1. The van der Waals surface area contributed by atoms with Gasteiger partial charge in [0.25, 0.3) is 5.91 Å². The van der Waals surface area contributed by atoms with Crippen molar-refractivity contribution in [1.29, 1.82) is 0 Å². The minimum Gasteiger partial charge on any atom is -0.444 e. The zero-order valence-electron chi connectivity index (χ0n) is 28.3. The minimum atomic E-state index is -0.526. The molecule has 11 heteroatoms. The van der Waals surface area contributed by atoms with Crippen molar-refractivity contribution in [3.8, 4) is 0 Å². The lowest BCUT2D eigenvalue weighted by molar-refractivity contribution is -0.133. The molecule has 2 aromatic carbocycles. The summed E-state index contributed by atoms with van der Waals surface area (Å²) in [4.78, 5) is 49.3. The van der Waals surface area contributed by atoms with Crippen molar-refractivity contribution in [2.75, 3.05) is 18.4 Å². The van der Waals surface area contributed by atoms with E-state index >= 15 is 0 Å². The second-order valence-corrected chi connectivity index (χ2v) is 13.5. The van der Waals surface area contributed by atoms with Crippen LogP contribution in [0.2, 0.25) is 0 Å². The maximum atomic E-state index is 14.0. The van der Waals surface area contributed by atoms with Gasteiger partial charge in [0.1, 0.15) is 5.60 Å². The molecule has 1 unspecified atom stereocenters. The van der Waals surface area contributed by atoms with Crippen LogP contribution in [0.4, 0.5) is 15.3 Å². The molecular weight excluding hydrogens is 618 g/mol. The Hall–Kier alpha value is -5.32. The lowest BCUT2D eigenvalue weighted by Gasteiger charge is -2.30. The molecule has 0 radical (unpaired) electrons. The van der Waals surface area contributed by atoms with Crippen LogP contribution in [-0.2, 0) is 22.6 Å². The van der Waals surface area contributed by atoms with E-state index < -0.39 is 17.6 Å². The highest BCUT2D eigenvalue weighted by Gasteiger charge is 2.33. The second kappa shape index (κ2) is 14.8.